The highest BCUT2D eigenvalue weighted by Crippen LogP contribution is 2.26. The molecule has 3 aromatic carbocycles. The lowest BCUT2D eigenvalue weighted by molar-refractivity contribution is 0.0785. The molecule has 0 bridgehead atoms. The van der Waals surface area contributed by atoms with E-state index in [0.717, 1.165) is 96.0 Å². The van der Waals surface area contributed by atoms with Gasteiger partial charge in [0.25, 0.3) is 11.8 Å². The molecule has 0 spiro atoms. The Hall–Kier alpha value is -4.37. The van der Waals surface area contributed by atoms with E-state index in [9.17, 15) is 18.0 Å². The summed E-state index contributed by atoms with van der Waals surface area (Å²) in [6, 6.07) is 24.1. The smallest absolute Gasteiger partial charge is 0.253 e. The molecule has 0 radical (unpaired) electrons. The second kappa shape index (κ2) is 14.4. The second-order valence-electron chi connectivity index (χ2n) is 13.4. The quantitative estimate of drug-likeness (QED) is 0.185. The molecule has 252 valence electrons. The first kappa shape index (κ1) is 33.5. The van der Waals surface area contributed by atoms with Crippen LogP contribution in [0.25, 0.3) is 27.5 Å². The maximum atomic E-state index is 12.7. The third-order valence-corrected chi connectivity index (χ3v) is 12.1. The van der Waals surface area contributed by atoms with E-state index in [2.05, 4.69) is 40.7 Å². The predicted molar refractivity (Wildman–Crippen MR) is 194 cm³/mol. The number of aromatic nitrogens is 2. The van der Waals surface area contributed by atoms with Crippen LogP contribution in [0.2, 0.25) is 0 Å². The fraction of sp³-hybridized carbons (Fsp3) is 0.385. The molecular formula is C39H46N4O4S. The molecule has 2 fully saturated rings. The molecule has 5 aromatic rings. The van der Waals surface area contributed by atoms with Gasteiger partial charge < -0.3 is 19.4 Å². The molecular weight excluding hydrogens is 621 g/mol. The number of fused-ring (bicyclic) bond motifs is 2. The van der Waals surface area contributed by atoms with Crippen molar-refractivity contribution in [2.24, 2.45) is 0 Å². The molecule has 2 aromatic heterocycles. The maximum absolute atomic E-state index is 12.7. The van der Waals surface area contributed by atoms with Crippen LogP contribution >= 0.6 is 0 Å². The monoisotopic (exact) mass is 666 g/mol. The van der Waals surface area contributed by atoms with Gasteiger partial charge in [-0.2, -0.15) is 0 Å². The number of aromatic amines is 1. The number of benzene rings is 3. The highest BCUT2D eigenvalue weighted by atomic mass is 32.2. The summed E-state index contributed by atoms with van der Waals surface area (Å²) in [5.74, 6) is 0.683. The lowest BCUT2D eigenvalue weighted by Gasteiger charge is -2.16. The van der Waals surface area contributed by atoms with Gasteiger partial charge in [-0.15, -0.1) is 0 Å². The molecule has 0 saturated carbocycles. The Bertz CT molecular complexity index is 2000. The topological polar surface area (TPSA) is 95.5 Å². The van der Waals surface area contributed by atoms with Crippen LogP contribution in [0.1, 0.15) is 85.1 Å². The molecule has 1 N–H and O–H groups in total. The molecule has 2 saturated heterocycles. The fourth-order valence-corrected chi connectivity index (χ4v) is 7.75. The summed E-state index contributed by atoms with van der Waals surface area (Å²) in [6.07, 6.45) is 9.01. The molecule has 8 nitrogen and oxygen atoms in total. The molecule has 2 aliphatic rings. The van der Waals surface area contributed by atoms with Gasteiger partial charge in [0.15, 0.2) is 9.84 Å². The molecule has 1 atom stereocenters. The minimum absolute atomic E-state index is 0.120. The van der Waals surface area contributed by atoms with Crippen molar-refractivity contribution in [2.45, 2.75) is 64.0 Å². The minimum Gasteiger partial charge on any atom is -0.361 e. The molecule has 0 unspecified atom stereocenters. The van der Waals surface area contributed by atoms with E-state index in [-0.39, 0.29) is 28.7 Å². The number of carbonyl (C=O) groups is 2. The normalized spacial score (nSPS) is 15.7. The number of hydrogen-bond acceptors (Lipinski definition) is 4. The first-order valence-corrected chi connectivity index (χ1v) is 18.9. The van der Waals surface area contributed by atoms with Crippen LogP contribution in [0.3, 0.4) is 0 Å². The number of nitrogens with one attached hydrogen (secondary N) is 1. The predicted octanol–water partition coefficient (Wildman–Crippen LogP) is 7.59. The highest BCUT2D eigenvalue weighted by Gasteiger charge is 2.21. The number of rotatable bonds is 8. The van der Waals surface area contributed by atoms with Gasteiger partial charge in [0, 0.05) is 71.7 Å². The molecule has 48 heavy (non-hydrogen) atoms. The largest absolute Gasteiger partial charge is 0.361 e. The van der Waals surface area contributed by atoms with Crippen molar-refractivity contribution in [1.29, 1.82) is 0 Å². The number of carbonyl (C=O) groups excluding carboxylic acids is 2. The van der Waals surface area contributed by atoms with E-state index in [1.807, 2.05) is 70.7 Å². The lowest BCUT2D eigenvalue weighted by atomic mass is 9.98. The second-order valence-corrected chi connectivity index (χ2v) is 16.1. The zero-order valence-electron chi connectivity index (χ0n) is 28.2. The molecule has 2 aliphatic heterocycles. The van der Waals surface area contributed by atoms with Gasteiger partial charge in [0.2, 0.25) is 0 Å². The highest BCUT2D eigenvalue weighted by molar-refractivity contribution is 7.91. The Morgan fingerprint density at radius 1 is 0.729 bits per heavy atom. The van der Waals surface area contributed by atoms with Crippen molar-refractivity contribution in [2.75, 3.05) is 31.9 Å². The van der Waals surface area contributed by atoms with Gasteiger partial charge in [-0.1, -0.05) is 19.1 Å². The number of amides is 2. The molecule has 0 aliphatic carbocycles. The number of hydrogen-bond donors (Lipinski definition) is 1. The SMILES string of the molecule is CC(C)S(=O)(=O)CC[C@H](C)c1ccc(-n2ccc3cc(C(=O)N4CCCC4)ccc32)cc1.O=C(c1ccc2[nH]ccc2c1)N1CCCC1. The first-order chi connectivity index (χ1) is 23.1. The van der Waals surface area contributed by atoms with Crippen molar-refractivity contribution in [3.8, 4) is 5.69 Å². The van der Waals surface area contributed by atoms with Crippen molar-refractivity contribution in [3.63, 3.8) is 0 Å². The van der Waals surface area contributed by atoms with Crippen molar-refractivity contribution in [1.82, 2.24) is 19.4 Å². The minimum atomic E-state index is -3.02. The van der Waals surface area contributed by atoms with E-state index >= 15 is 0 Å². The van der Waals surface area contributed by atoms with Crippen molar-refractivity contribution < 1.29 is 18.0 Å². The Labute approximate surface area is 283 Å². The lowest BCUT2D eigenvalue weighted by Crippen LogP contribution is -2.27. The van der Waals surface area contributed by atoms with Crippen LogP contribution in [-0.4, -0.2) is 76.8 Å². The van der Waals surface area contributed by atoms with Crippen LogP contribution in [0.4, 0.5) is 0 Å². The maximum Gasteiger partial charge on any atom is 0.253 e. The summed E-state index contributed by atoms with van der Waals surface area (Å²) < 4.78 is 26.3. The van der Waals surface area contributed by atoms with E-state index < -0.39 is 9.84 Å². The fourth-order valence-electron chi connectivity index (χ4n) is 6.60. The van der Waals surface area contributed by atoms with Gasteiger partial charge in [0.05, 0.1) is 16.5 Å². The average molecular weight is 667 g/mol. The van der Waals surface area contributed by atoms with E-state index in [1.54, 1.807) is 13.8 Å². The standard InChI is InChI=1S/C26H32N2O3S.C13H14N2O/c1-19(2)32(30,31)17-13-20(3)21-6-9-24(10-7-21)28-16-12-22-18-23(8-11-25(22)28)26(29)27-14-4-5-15-27;16-13(15-7-1-2-8-15)11-3-4-12-10(9-11)5-6-14-12/h6-12,16,18-20H,4-5,13-15,17H2,1-3H3;3-6,9,14H,1-2,7-8H2/t20-;/m0./s1. The number of sulfone groups is 1. The molecule has 2 amide bonds. The van der Waals surface area contributed by atoms with Crippen LogP contribution in [0.15, 0.2) is 85.2 Å². The van der Waals surface area contributed by atoms with Crippen molar-refractivity contribution in [3.05, 3.63) is 102 Å². The number of likely N-dealkylation sites (tertiary alicyclic amines) is 2. The van der Waals surface area contributed by atoms with Gasteiger partial charge in [0.1, 0.15) is 0 Å². The summed E-state index contributed by atoms with van der Waals surface area (Å²) in [5, 5.41) is 1.82. The summed E-state index contributed by atoms with van der Waals surface area (Å²) in [6.45, 7) is 9.07. The average Bonchev–Trinajstić information content (AvgIpc) is 3.94. The third kappa shape index (κ3) is 7.36. The van der Waals surface area contributed by atoms with Crippen LogP contribution in [0.5, 0.6) is 0 Å². The van der Waals surface area contributed by atoms with E-state index in [0.29, 0.717) is 6.42 Å². The third-order valence-electron chi connectivity index (χ3n) is 9.82. The van der Waals surface area contributed by atoms with Gasteiger partial charge in [-0.25, -0.2) is 8.42 Å². The first-order valence-electron chi connectivity index (χ1n) is 17.2. The van der Waals surface area contributed by atoms with E-state index in [4.69, 9.17) is 0 Å². The summed E-state index contributed by atoms with van der Waals surface area (Å²) in [7, 11) is -3.02. The van der Waals surface area contributed by atoms with Crippen molar-refractivity contribution >= 4 is 43.5 Å². The van der Waals surface area contributed by atoms with E-state index in [1.165, 1.54) is 0 Å². The summed E-state index contributed by atoms with van der Waals surface area (Å²) >= 11 is 0. The van der Waals surface area contributed by atoms with Gasteiger partial charge in [-0.3, -0.25) is 9.59 Å². The van der Waals surface area contributed by atoms with Crippen LogP contribution in [-0.2, 0) is 9.84 Å². The number of H-pyrrole nitrogens is 1. The van der Waals surface area contributed by atoms with Gasteiger partial charge in [-0.05, 0) is 118 Å². The zero-order chi connectivity index (χ0) is 33.8. The Morgan fingerprint density at radius 3 is 1.92 bits per heavy atom. The molecule has 9 heteroatoms. The summed E-state index contributed by atoms with van der Waals surface area (Å²) in [4.78, 5) is 31.8. The Balaban J connectivity index is 0.000000208. The Morgan fingerprint density at radius 2 is 1.31 bits per heavy atom. The Kier molecular flexibility index (Phi) is 10.1. The molecule has 4 heterocycles. The zero-order valence-corrected chi connectivity index (χ0v) is 29.0. The molecule has 7 rings (SSSR count). The van der Waals surface area contributed by atoms with Crippen LogP contribution in [0, 0.1) is 0 Å². The van der Waals surface area contributed by atoms with Gasteiger partial charge >= 0.3 is 0 Å². The summed E-state index contributed by atoms with van der Waals surface area (Å²) in [5.41, 5.74) is 5.88. The number of nitrogens with zero attached hydrogens (tertiary/aromatic N) is 3. The van der Waals surface area contributed by atoms with Crippen LogP contribution < -0.4 is 0 Å².